The summed E-state index contributed by atoms with van der Waals surface area (Å²) in [7, 11) is 0. The number of hydrogen-bond donors (Lipinski definition) is 1. The molecular weight excluding hydrogens is 227 g/mol. The highest BCUT2D eigenvalue weighted by Crippen LogP contribution is 2.32. The number of rotatable bonds is 3. The number of nitrogens with one attached hydrogen (secondary N) is 1. The van der Waals surface area contributed by atoms with Crippen molar-refractivity contribution in [3.05, 3.63) is 53.9 Å². The van der Waals surface area contributed by atoms with E-state index in [9.17, 15) is 13.2 Å². The molecule has 1 heterocycles. The number of allylic oxidation sites excluding steroid dienone is 5. The second-order valence-electron chi connectivity index (χ2n) is 3.66. The van der Waals surface area contributed by atoms with Crippen molar-refractivity contribution in [2.45, 2.75) is 20.0 Å². The summed E-state index contributed by atoms with van der Waals surface area (Å²) in [5.74, 6) is 0. The van der Waals surface area contributed by atoms with Crippen LogP contribution >= 0.6 is 0 Å². The lowest BCUT2D eigenvalue weighted by Crippen LogP contribution is -2.12. The summed E-state index contributed by atoms with van der Waals surface area (Å²) >= 11 is 0. The third-order valence-corrected chi connectivity index (χ3v) is 2.28. The molecule has 0 amide bonds. The van der Waals surface area contributed by atoms with Gasteiger partial charge in [-0.05, 0) is 43.2 Å². The van der Waals surface area contributed by atoms with Gasteiger partial charge in [-0.15, -0.1) is 0 Å². The Morgan fingerprint density at radius 3 is 2.41 bits per heavy atom. The molecule has 4 heteroatoms. The van der Waals surface area contributed by atoms with Crippen molar-refractivity contribution >= 4 is 5.57 Å². The first kappa shape index (κ1) is 13.4. The Bertz CT molecular complexity index is 448. The van der Waals surface area contributed by atoms with Gasteiger partial charge in [-0.3, -0.25) is 0 Å². The summed E-state index contributed by atoms with van der Waals surface area (Å²) in [5.41, 5.74) is 0.435. The highest BCUT2D eigenvalue weighted by molar-refractivity contribution is 5.73. The molecule has 0 radical (unpaired) electrons. The van der Waals surface area contributed by atoms with Crippen LogP contribution in [0.4, 0.5) is 13.2 Å². The van der Waals surface area contributed by atoms with Gasteiger partial charge in [0, 0.05) is 11.9 Å². The molecule has 0 spiro atoms. The van der Waals surface area contributed by atoms with E-state index >= 15 is 0 Å². The summed E-state index contributed by atoms with van der Waals surface area (Å²) in [6.07, 6.45) is 0.0159. The predicted molar refractivity (Wildman–Crippen MR) is 63.4 cm³/mol. The van der Waals surface area contributed by atoms with Crippen molar-refractivity contribution < 1.29 is 13.2 Å². The van der Waals surface area contributed by atoms with Crippen LogP contribution < -0.4 is 0 Å². The van der Waals surface area contributed by atoms with E-state index in [1.54, 1.807) is 31.3 Å². The Morgan fingerprint density at radius 2 is 2.06 bits per heavy atom. The number of hydrogen-bond acceptors (Lipinski definition) is 0. The molecule has 1 aromatic rings. The maximum absolute atomic E-state index is 12.7. The van der Waals surface area contributed by atoms with Crippen LogP contribution in [0.25, 0.3) is 5.57 Å². The summed E-state index contributed by atoms with van der Waals surface area (Å²) in [5, 5.41) is 0. The van der Waals surface area contributed by atoms with E-state index in [0.29, 0.717) is 11.3 Å². The summed E-state index contributed by atoms with van der Waals surface area (Å²) in [6.45, 7) is 6.41. The first-order chi connectivity index (χ1) is 7.86. The Morgan fingerprint density at radius 1 is 1.41 bits per heavy atom. The van der Waals surface area contributed by atoms with Gasteiger partial charge in [-0.2, -0.15) is 13.2 Å². The van der Waals surface area contributed by atoms with E-state index in [1.165, 1.54) is 6.92 Å². The van der Waals surface area contributed by atoms with Gasteiger partial charge in [0.25, 0.3) is 0 Å². The molecule has 0 saturated heterocycles. The predicted octanol–water partition coefficient (Wildman–Crippen LogP) is 4.48. The van der Waals surface area contributed by atoms with Gasteiger partial charge in [0.2, 0.25) is 0 Å². The lowest BCUT2D eigenvalue weighted by molar-refractivity contribution is -0.0891. The van der Waals surface area contributed by atoms with Crippen LogP contribution in [0.15, 0.2) is 48.2 Å². The smallest absolute Gasteiger partial charge is 0.361 e. The van der Waals surface area contributed by atoms with Gasteiger partial charge in [0.1, 0.15) is 0 Å². The molecule has 1 aromatic heterocycles. The Balaban J connectivity index is 3.19. The highest BCUT2D eigenvalue weighted by atomic mass is 19.4. The zero-order valence-electron chi connectivity index (χ0n) is 9.73. The number of halogens is 3. The molecule has 17 heavy (non-hydrogen) atoms. The molecule has 0 unspecified atom stereocenters. The van der Waals surface area contributed by atoms with Crippen molar-refractivity contribution in [1.29, 1.82) is 0 Å². The Kier molecular flexibility index (Phi) is 3.99. The molecule has 92 valence electrons. The first-order valence-electron chi connectivity index (χ1n) is 5.11. The molecular formula is C13H14F3N. The zero-order valence-corrected chi connectivity index (χ0v) is 9.73. The van der Waals surface area contributed by atoms with Crippen molar-refractivity contribution in [1.82, 2.24) is 4.98 Å². The lowest BCUT2D eigenvalue weighted by Gasteiger charge is -2.12. The molecule has 1 rings (SSSR count). The maximum atomic E-state index is 12.7. The van der Waals surface area contributed by atoms with E-state index in [4.69, 9.17) is 0 Å². The second kappa shape index (κ2) is 5.08. The molecule has 0 aromatic carbocycles. The fourth-order valence-corrected chi connectivity index (χ4v) is 1.43. The van der Waals surface area contributed by atoms with E-state index in [0.717, 1.165) is 6.08 Å². The van der Waals surface area contributed by atoms with E-state index in [1.807, 2.05) is 0 Å². The largest absolute Gasteiger partial charge is 0.416 e. The fourth-order valence-electron chi connectivity index (χ4n) is 1.43. The molecule has 0 aliphatic carbocycles. The second-order valence-corrected chi connectivity index (χ2v) is 3.66. The number of alkyl halides is 3. The van der Waals surface area contributed by atoms with Gasteiger partial charge in [-0.25, -0.2) is 0 Å². The van der Waals surface area contributed by atoms with Gasteiger partial charge < -0.3 is 4.98 Å². The quantitative estimate of drug-likeness (QED) is 0.751. The third kappa shape index (κ3) is 3.37. The Hall–Kier alpha value is -1.71. The molecule has 1 N–H and O–H groups in total. The highest BCUT2D eigenvalue weighted by Gasteiger charge is 2.34. The van der Waals surface area contributed by atoms with Gasteiger partial charge in [0.05, 0.1) is 5.57 Å². The van der Waals surface area contributed by atoms with Crippen LogP contribution in [-0.4, -0.2) is 11.2 Å². The summed E-state index contributed by atoms with van der Waals surface area (Å²) in [4.78, 5) is 2.87. The monoisotopic (exact) mass is 241 g/mol. The molecule has 0 aliphatic heterocycles. The van der Waals surface area contributed by atoms with Crippen LogP contribution in [0.5, 0.6) is 0 Å². The van der Waals surface area contributed by atoms with Gasteiger partial charge in [-0.1, -0.05) is 12.7 Å². The minimum atomic E-state index is -4.38. The van der Waals surface area contributed by atoms with Crippen molar-refractivity contribution in [3.8, 4) is 0 Å². The number of H-pyrrole nitrogens is 1. The fraction of sp³-hybridized carbons (Fsp3) is 0.231. The minimum absolute atomic E-state index is 0.00315. The van der Waals surface area contributed by atoms with Crippen LogP contribution in [0.2, 0.25) is 0 Å². The molecule has 0 fully saturated rings. The maximum Gasteiger partial charge on any atom is 0.416 e. The summed E-state index contributed by atoms with van der Waals surface area (Å²) in [6, 6.07) is 3.46. The molecule has 0 aliphatic rings. The number of aromatic nitrogens is 1. The zero-order chi connectivity index (χ0) is 13.1. The summed E-state index contributed by atoms with van der Waals surface area (Å²) < 4.78 is 38.2. The van der Waals surface area contributed by atoms with E-state index in [2.05, 4.69) is 11.6 Å². The van der Waals surface area contributed by atoms with Crippen molar-refractivity contribution in [2.75, 3.05) is 0 Å². The van der Waals surface area contributed by atoms with Gasteiger partial charge in [0.15, 0.2) is 0 Å². The number of aromatic amines is 1. The van der Waals surface area contributed by atoms with E-state index in [-0.39, 0.29) is 5.57 Å². The van der Waals surface area contributed by atoms with Crippen molar-refractivity contribution in [2.24, 2.45) is 0 Å². The average Bonchev–Trinajstić information content (AvgIpc) is 2.69. The average molecular weight is 241 g/mol. The van der Waals surface area contributed by atoms with Crippen LogP contribution in [0.1, 0.15) is 19.5 Å². The minimum Gasteiger partial charge on any atom is -0.361 e. The topological polar surface area (TPSA) is 15.8 Å². The molecule has 0 atom stereocenters. The normalized spacial score (nSPS) is 13.9. The molecule has 1 nitrogen and oxygen atoms in total. The van der Waals surface area contributed by atoms with Crippen LogP contribution in [-0.2, 0) is 0 Å². The SMILES string of the molecule is C=C(C)/C(=C\C(=CC)c1ccc[nH]1)C(F)(F)F. The van der Waals surface area contributed by atoms with Crippen molar-refractivity contribution in [3.63, 3.8) is 0 Å². The lowest BCUT2D eigenvalue weighted by atomic mass is 10.0. The Labute approximate surface area is 98.4 Å². The molecule has 0 saturated carbocycles. The van der Waals surface area contributed by atoms with E-state index < -0.39 is 11.7 Å². The van der Waals surface area contributed by atoms with Crippen LogP contribution in [0.3, 0.4) is 0 Å². The van der Waals surface area contributed by atoms with Gasteiger partial charge >= 0.3 is 6.18 Å². The first-order valence-corrected chi connectivity index (χ1v) is 5.11. The van der Waals surface area contributed by atoms with Crippen LogP contribution in [0, 0.1) is 0 Å². The third-order valence-electron chi connectivity index (χ3n) is 2.28. The standard InChI is InChI=1S/C13H14F3N/c1-4-10(12-6-5-7-17-12)8-11(9(2)3)13(14,15)16/h4-8,17H,2H2,1,3H3/b10-4?,11-8+. The molecule has 0 bridgehead atoms.